The van der Waals surface area contributed by atoms with Crippen LogP contribution in [0, 0.1) is 5.41 Å². The average molecular weight is 507 g/mol. The first kappa shape index (κ1) is 24.5. The smallest absolute Gasteiger partial charge is 0.389 e. The minimum absolute atomic E-state index is 0.0578. The summed E-state index contributed by atoms with van der Waals surface area (Å²) in [6, 6.07) is 14.6. The zero-order valence-electron chi connectivity index (χ0n) is 19.3. The number of benzene rings is 2. The number of ether oxygens (including phenoxy) is 1. The molecule has 2 aromatic heterocycles. The number of carbonyl (C=O) groups excluding carboxylic acids is 1. The SMILES string of the molecule is CC(C)S(=O)(=O)c1ccc(-c2cnc(OC(N)=O)c(-c3cc(-c4ccc(C(=N)N)cc4)no3)n2)cc1. The van der Waals surface area contributed by atoms with Crippen molar-refractivity contribution in [3.63, 3.8) is 0 Å². The van der Waals surface area contributed by atoms with Gasteiger partial charge in [0, 0.05) is 22.8 Å². The van der Waals surface area contributed by atoms with Gasteiger partial charge in [-0.05, 0) is 26.0 Å². The zero-order chi connectivity index (χ0) is 26.0. The van der Waals surface area contributed by atoms with Crippen LogP contribution in [0.1, 0.15) is 19.4 Å². The number of nitrogens with two attached hydrogens (primary N) is 2. The molecule has 2 heterocycles. The van der Waals surface area contributed by atoms with Crippen LogP contribution in [0.2, 0.25) is 0 Å². The molecule has 0 radical (unpaired) electrons. The van der Waals surface area contributed by atoms with Gasteiger partial charge in [0.1, 0.15) is 11.5 Å². The van der Waals surface area contributed by atoms with Gasteiger partial charge in [0.2, 0.25) is 0 Å². The van der Waals surface area contributed by atoms with Gasteiger partial charge in [0.25, 0.3) is 5.88 Å². The number of hydrogen-bond acceptors (Lipinski definition) is 9. The summed E-state index contributed by atoms with van der Waals surface area (Å²) >= 11 is 0. The number of rotatable bonds is 7. The van der Waals surface area contributed by atoms with Crippen molar-refractivity contribution in [2.75, 3.05) is 0 Å². The summed E-state index contributed by atoms with van der Waals surface area (Å²) in [5, 5.41) is 11.0. The van der Waals surface area contributed by atoms with E-state index in [1.807, 2.05) is 0 Å². The maximum Gasteiger partial charge on any atom is 0.411 e. The van der Waals surface area contributed by atoms with E-state index < -0.39 is 21.2 Å². The van der Waals surface area contributed by atoms with Gasteiger partial charge in [-0.3, -0.25) is 5.41 Å². The molecule has 0 bridgehead atoms. The van der Waals surface area contributed by atoms with Gasteiger partial charge in [-0.1, -0.05) is 41.6 Å². The van der Waals surface area contributed by atoms with Crippen LogP contribution in [0.4, 0.5) is 4.79 Å². The van der Waals surface area contributed by atoms with Gasteiger partial charge in [0.05, 0.1) is 22.0 Å². The van der Waals surface area contributed by atoms with E-state index in [9.17, 15) is 13.2 Å². The molecule has 0 aliphatic rings. The van der Waals surface area contributed by atoms with E-state index in [-0.39, 0.29) is 28.1 Å². The lowest BCUT2D eigenvalue weighted by molar-refractivity contribution is 0.209. The molecule has 184 valence electrons. The second-order valence-electron chi connectivity index (χ2n) is 8.02. The van der Waals surface area contributed by atoms with Crippen molar-refractivity contribution in [1.29, 1.82) is 5.41 Å². The van der Waals surface area contributed by atoms with Crippen molar-refractivity contribution in [2.45, 2.75) is 24.0 Å². The van der Waals surface area contributed by atoms with Crippen LogP contribution in [0.25, 0.3) is 34.0 Å². The molecule has 4 rings (SSSR count). The Morgan fingerprint density at radius 3 is 2.19 bits per heavy atom. The third kappa shape index (κ3) is 4.93. The predicted molar refractivity (Wildman–Crippen MR) is 132 cm³/mol. The van der Waals surface area contributed by atoms with Crippen LogP contribution in [0.15, 0.2) is 70.2 Å². The lowest BCUT2D eigenvalue weighted by Gasteiger charge is -2.09. The average Bonchev–Trinajstić information content (AvgIpc) is 3.34. The van der Waals surface area contributed by atoms with E-state index in [1.54, 1.807) is 56.3 Å². The number of carbonyl (C=O) groups is 1. The lowest BCUT2D eigenvalue weighted by atomic mass is 10.1. The number of amidine groups is 1. The van der Waals surface area contributed by atoms with Gasteiger partial charge in [-0.25, -0.2) is 23.2 Å². The molecule has 36 heavy (non-hydrogen) atoms. The summed E-state index contributed by atoms with van der Waals surface area (Å²) in [4.78, 5) is 20.3. The maximum absolute atomic E-state index is 12.4. The van der Waals surface area contributed by atoms with Crippen molar-refractivity contribution in [3.8, 4) is 39.8 Å². The third-order valence-corrected chi connectivity index (χ3v) is 7.44. The molecule has 0 fully saturated rings. The number of primary amides is 1. The summed E-state index contributed by atoms with van der Waals surface area (Å²) in [5.74, 6) is -0.0808. The van der Waals surface area contributed by atoms with Crippen LogP contribution >= 0.6 is 0 Å². The van der Waals surface area contributed by atoms with Crippen molar-refractivity contribution in [3.05, 3.63) is 66.4 Å². The fraction of sp³-hybridized carbons (Fsp3) is 0.125. The molecule has 1 amide bonds. The summed E-state index contributed by atoms with van der Waals surface area (Å²) in [7, 11) is -3.43. The molecular formula is C24H22N6O5S. The fourth-order valence-electron chi connectivity index (χ4n) is 3.28. The summed E-state index contributed by atoms with van der Waals surface area (Å²) < 4.78 is 35.3. The summed E-state index contributed by atoms with van der Waals surface area (Å²) in [6.45, 7) is 3.23. The van der Waals surface area contributed by atoms with Gasteiger partial charge in [-0.15, -0.1) is 0 Å². The monoisotopic (exact) mass is 506 g/mol. The molecule has 0 aliphatic carbocycles. The molecule has 11 nitrogen and oxygen atoms in total. The fourth-order valence-corrected chi connectivity index (χ4v) is 4.34. The standard InChI is InChI=1S/C24H22N6O5S/c1-13(2)36(32,33)17-9-7-15(8-10-17)19-12-28-23(34-24(27)31)21(29-19)20-11-18(30-35-20)14-3-5-16(6-4-14)22(25)26/h3-13H,1-2H3,(H3,25,26)(H2,27,31). The maximum atomic E-state index is 12.4. The number of aromatic nitrogens is 3. The van der Waals surface area contributed by atoms with Gasteiger partial charge < -0.3 is 20.7 Å². The summed E-state index contributed by atoms with van der Waals surface area (Å²) in [5.41, 5.74) is 13.4. The Labute approximate surface area is 206 Å². The second-order valence-corrected chi connectivity index (χ2v) is 10.5. The zero-order valence-corrected chi connectivity index (χ0v) is 20.1. The first-order valence-electron chi connectivity index (χ1n) is 10.7. The highest BCUT2D eigenvalue weighted by atomic mass is 32.2. The Kier molecular flexibility index (Phi) is 6.53. The van der Waals surface area contributed by atoms with E-state index >= 15 is 0 Å². The van der Waals surface area contributed by atoms with E-state index in [0.29, 0.717) is 28.1 Å². The number of amides is 1. The molecule has 0 spiro atoms. The normalized spacial score (nSPS) is 11.4. The first-order chi connectivity index (χ1) is 17.1. The quantitative estimate of drug-likeness (QED) is 0.249. The number of nitrogens with one attached hydrogen (secondary N) is 1. The number of nitrogens with zero attached hydrogens (tertiary/aromatic N) is 3. The topological polar surface area (TPSA) is 188 Å². The van der Waals surface area contributed by atoms with Crippen LogP contribution in [-0.2, 0) is 9.84 Å². The van der Waals surface area contributed by atoms with Crippen LogP contribution < -0.4 is 16.2 Å². The van der Waals surface area contributed by atoms with Crippen molar-refractivity contribution >= 4 is 21.8 Å². The molecule has 5 N–H and O–H groups in total. The van der Waals surface area contributed by atoms with Crippen LogP contribution in [0.3, 0.4) is 0 Å². The Balaban J connectivity index is 1.72. The molecule has 2 aromatic carbocycles. The molecule has 0 saturated carbocycles. The minimum atomic E-state index is -3.43. The van der Waals surface area contributed by atoms with Crippen molar-refractivity contribution in [1.82, 2.24) is 15.1 Å². The third-order valence-electron chi connectivity index (χ3n) is 5.27. The van der Waals surface area contributed by atoms with Gasteiger partial charge in [0.15, 0.2) is 21.3 Å². The van der Waals surface area contributed by atoms with Crippen molar-refractivity contribution < 1.29 is 22.5 Å². The predicted octanol–water partition coefficient (Wildman–Crippen LogP) is 3.39. The minimum Gasteiger partial charge on any atom is -0.389 e. The molecule has 12 heteroatoms. The molecule has 0 unspecified atom stereocenters. The van der Waals surface area contributed by atoms with E-state index in [1.165, 1.54) is 18.3 Å². The van der Waals surface area contributed by atoms with Gasteiger partial charge >= 0.3 is 6.09 Å². The van der Waals surface area contributed by atoms with E-state index in [0.717, 1.165) is 0 Å². The summed E-state index contributed by atoms with van der Waals surface area (Å²) in [6.07, 6.45) is 0.284. The molecule has 0 aliphatic heterocycles. The lowest BCUT2D eigenvalue weighted by Crippen LogP contribution is -2.17. The first-order valence-corrected chi connectivity index (χ1v) is 12.2. The largest absolute Gasteiger partial charge is 0.411 e. The number of sulfone groups is 1. The van der Waals surface area contributed by atoms with E-state index in [4.69, 9.17) is 26.1 Å². The second kappa shape index (κ2) is 9.58. The Morgan fingerprint density at radius 1 is 1.00 bits per heavy atom. The Bertz CT molecular complexity index is 1540. The van der Waals surface area contributed by atoms with Crippen LogP contribution in [-0.4, -0.2) is 40.7 Å². The Morgan fingerprint density at radius 2 is 1.61 bits per heavy atom. The van der Waals surface area contributed by atoms with Crippen molar-refractivity contribution in [2.24, 2.45) is 11.5 Å². The molecule has 4 aromatic rings. The van der Waals surface area contributed by atoms with Gasteiger partial charge in [-0.2, -0.15) is 0 Å². The van der Waals surface area contributed by atoms with E-state index in [2.05, 4.69) is 15.1 Å². The van der Waals surface area contributed by atoms with Crippen LogP contribution in [0.5, 0.6) is 5.88 Å². The molecule has 0 saturated heterocycles. The Hall–Kier alpha value is -4.58. The highest BCUT2D eigenvalue weighted by Crippen LogP contribution is 2.32. The highest BCUT2D eigenvalue weighted by molar-refractivity contribution is 7.92. The molecular weight excluding hydrogens is 484 g/mol. The highest BCUT2D eigenvalue weighted by Gasteiger charge is 2.21. The molecule has 0 atom stereocenters. The number of nitrogen functional groups attached to an aromatic ring is 1. The number of hydrogen-bond donors (Lipinski definition) is 3.